The summed E-state index contributed by atoms with van der Waals surface area (Å²) in [5.41, 5.74) is 5.93. The maximum Gasteiger partial charge on any atom is 0.252 e. The largest absolute Gasteiger partial charge is 0.384 e. The first-order valence-electron chi connectivity index (χ1n) is 6.51. The Morgan fingerprint density at radius 3 is 2.84 bits per heavy atom. The second-order valence-corrected chi connectivity index (χ2v) is 5.58. The zero-order valence-electron chi connectivity index (χ0n) is 10.8. The number of primary amides is 1. The number of nitrogens with two attached hydrogens (primary N) is 1. The number of rotatable bonds is 4. The van der Waals surface area contributed by atoms with Gasteiger partial charge in [0.05, 0.1) is 11.3 Å². The van der Waals surface area contributed by atoms with E-state index in [-0.39, 0.29) is 5.56 Å². The van der Waals surface area contributed by atoms with Crippen LogP contribution in [0.1, 0.15) is 10.4 Å². The molecule has 1 aliphatic heterocycles. The topological polar surface area (TPSA) is 91.2 Å². The lowest BCUT2D eigenvalue weighted by Gasteiger charge is -2.14. The van der Waals surface area contributed by atoms with Crippen molar-refractivity contribution in [3.63, 3.8) is 0 Å². The van der Waals surface area contributed by atoms with Crippen LogP contribution in [0.15, 0.2) is 17.1 Å². The molecule has 0 bridgehead atoms. The number of likely N-dealkylation sites (tertiary alicyclic amines) is 1. The van der Waals surface area contributed by atoms with Crippen LogP contribution >= 0.6 is 0 Å². The molecule has 1 saturated carbocycles. The summed E-state index contributed by atoms with van der Waals surface area (Å²) in [6.45, 7) is 3.09. The molecule has 3 atom stereocenters. The van der Waals surface area contributed by atoms with E-state index in [0.29, 0.717) is 17.2 Å². The van der Waals surface area contributed by atoms with Gasteiger partial charge in [0.1, 0.15) is 0 Å². The molecule has 2 aliphatic rings. The average molecular weight is 262 g/mol. The van der Waals surface area contributed by atoms with Gasteiger partial charge in [0, 0.05) is 31.9 Å². The van der Waals surface area contributed by atoms with Crippen LogP contribution in [0.25, 0.3) is 0 Å². The highest BCUT2D eigenvalue weighted by molar-refractivity contribution is 5.98. The Hall–Kier alpha value is -1.82. The predicted octanol–water partition coefficient (Wildman–Crippen LogP) is -0.307. The van der Waals surface area contributed by atoms with Crippen LogP contribution in [-0.2, 0) is 0 Å². The average Bonchev–Trinajstić information content (AvgIpc) is 2.80. The maximum absolute atomic E-state index is 11.3. The minimum atomic E-state index is -0.533. The Bertz CT molecular complexity index is 556. The molecule has 1 saturated heterocycles. The predicted molar refractivity (Wildman–Crippen MR) is 72.0 cm³/mol. The SMILES string of the molecule is CN1C[C@@H]2C(CNc3cc(=O)[nH]cc3C(N)=O)[C@@H]2C1. The Labute approximate surface area is 111 Å². The number of fused-ring (bicyclic) bond motifs is 1. The first kappa shape index (κ1) is 12.2. The van der Waals surface area contributed by atoms with Gasteiger partial charge in [-0.25, -0.2) is 0 Å². The monoisotopic (exact) mass is 262 g/mol. The number of H-pyrrole nitrogens is 1. The number of aromatic nitrogens is 1. The highest BCUT2D eigenvalue weighted by Gasteiger charge is 2.54. The first-order chi connectivity index (χ1) is 9.06. The Balaban J connectivity index is 1.66. The molecule has 1 unspecified atom stereocenters. The second-order valence-electron chi connectivity index (χ2n) is 5.58. The van der Waals surface area contributed by atoms with Crippen molar-refractivity contribution in [3.05, 3.63) is 28.2 Å². The zero-order chi connectivity index (χ0) is 13.6. The van der Waals surface area contributed by atoms with Crippen LogP contribution in [0, 0.1) is 17.8 Å². The first-order valence-corrected chi connectivity index (χ1v) is 6.51. The van der Waals surface area contributed by atoms with Gasteiger partial charge in [-0.3, -0.25) is 9.59 Å². The number of nitrogens with one attached hydrogen (secondary N) is 2. The van der Waals surface area contributed by atoms with Gasteiger partial charge >= 0.3 is 0 Å². The summed E-state index contributed by atoms with van der Waals surface area (Å²) in [6, 6.07) is 1.39. The number of amides is 1. The van der Waals surface area contributed by atoms with Crippen LogP contribution < -0.4 is 16.6 Å². The number of aromatic amines is 1. The third-order valence-corrected chi connectivity index (χ3v) is 4.27. The summed E-state index contributed by atoms with van der Waals surface area (Å²) in [5.74, 6) is 1.64. The summed E-state index contributed by atoms with van der Waals surface area (Å²) in [5, 5.41) is 3.20. The highest BCUT2D eigenvalue weighted by atomic mass is 16.1. The van der Waals surface area contributed by atoms with Gasteiger partial charge in [0.15, 0.2) is 0 Å². The molecule has 6 heteroatoms. The Morgan fingerprint density at radius 1 is 1.53 bits per heavy atom. The van der Waals surface area contributed by atoms with Gasteiger partial charge in [-0.05, 0) is 24.8 Å². The van der Waals surface area contributed by atoms with Crippen LogP contribution in [0.4, 0.5) is 5.69 Å². The van der Waals surface area contributed by atoms with Gasteiger partial charge in [-0.1, -0.05) is 0 Å². The van der Waals surface area contributed by atoms with E-state index in [0.717, 1.165) is 31.5 Å². The normalized spacial score (nSPS) is 29.0. The van der Waals surface area contributed by atoms with Crippen LogP contribution in [0.3, 0.4) is 0 Å². The highest BCUT2D eigenvalue weighted by Crippen LogP contribution is 2.51. The molecule has 6 nitrogen and oxygen atoms in total. The van der Waals surface area contributed by atoms with E-state index in [1.165, 1.54) is 12.3 Å². The van der Waals surface area contributed by atoms with E-state index in [9.17, 15) is 9.59 Å². The summed E-state index contributed by atoms with van der Waals surface area (Å²) in [6.07, 6.45) is 1.37. The van der Waals surface area contributed by atoms with E-state index in [1.54, 1.807) is 0 Å². The number of nitrogens with zero attached hydrogens (tertiary/aromatic N) is 1. The van der Waals surface area contributed by atoms with E-state index in [4.69, 9.17) is 5.73 Å². The molecule has 19 heavy (non-hydrogen) atoms. The number of piperidine rings is 1. The smallest absolute Gasteiger partial charge is 0.252 e. The van der Waals surface area contributed by atoms with Crippen molar-refractivity contribution in [3.8, 4) is 0 Å². The van der Waals surface area contributed by atoms with Crippen molar-refractivity contribution in [2.24, 2.45) is 23.5 Å². The lowest BCUT2D eigenvalue weighted by molar-refractivity contribution is 0.100. The molecule has 3 rings (SSSR count). The fourth-order valence-electron chi connectivity index (χ4n) is 3.21. The van der Waals surface area contributed by atoms with Crippen LogP contribution in [0.2, 0.25) is 0 Å². The van der Waals surface area contributed by atoms with Gasteiger partial charge in [0.25, 0.3) is 5.91 Å². The Morgan fingerprint density at radius 2 is 2.21 bits per heavy atom. The molecule has 0 spiro atoms. The van der Waals surface area contributed by atoms with Gasteiger partial charge in [-0.15, -0.1) is 0 Å². The minimum absolute atomic E-state index is 0.233. The minimum Gasteiger partial charge on any atom is -0.384 e. The molecule has 4 N–H and O–H groups in total. The molecule has 1 amide bonds. The quantitative estimate of drug-likeness (QED) is 0.694. The molecular weight excluding hydrogens is 244 g/mol. The van der Waals surface area contributed by atoms with E-state index < -0.39 is 5.91 Å². The van der Waals surface area contributed by atoms with Crippen molar-refractivity contribution in [1.29, 1.82) is 0 Å². The summed E-state index contributed by atoms with van der Waals surface area (Å²) in [4.78, 5) is 27.4. The maximum atomic E-state index is 11.3. The molecule has 0 aromatic carbocycles. The number of anilines is 1. The number of pyridine rings is 1. The van der Waals surface area contributed by atoms with E-state index in [2.05, 4.69) is 22.2 Å². The molecule has 102 valence electrons. The zero-order valence-corrected chi connectivity index (χ0v) is 10.8. The van der Waals surface area contributed by atoms with Crippen molar-refractivity contribution in [1.82, 2.24) is 9.88 Å². The summed E-state index contributed by atoms with van der Waals surface area (Å²) < 4.78 is 0. The van der Waals surface area contributed by atoms with Gasteiger partial charge in [0.2, 0.25) is 5.56 Å². The fraction of sp³-hybridized carbons (Fsp3) is 0.538. The van der Waals surface area contributed by atoms with Crippen molar-refractivity contribution < 1.29 is 4.79 Å². The lowest BCUT2D eigenvalue weighted by atomic mass is 10.2. The fourth-order valence-corrected chi connectivity index (χ4v) is 3.21. The number of hydrogen-bond acceptors (Lipinski definition) is 4. The standard InChI is InChI=1S/C13H18N4O2/c1-17-5-9-7(10(9)6-17)3-15-11-2-12(18)16-4-8(11)13(14)19/h2,4,7,9-10H,3,5-6H2,1H3,(H2,14,19)(H2,15,16,18)/t7?,9-,10+. The number of hydrogen-bond donors (Lipinski definition) is 3. The van der Waals surface area contributed by atoms with Crippen molar-refractivity contribution in [2.75, 3.05) is 32.0 Å². The molecule has 1 aromatic rings. The number of carbonyl (C=O) groups excluding carboxylic acids is 1. The van der Waals surface area contributed by atoms with Crippen LogP contribution in [-0.4, -0.2) is 42.5 Å². The van der Waals surface area contributed by atoms with Crippen LogP contribution in [0.5, 0.6) is 0 Å². The molecule has 2 fully saturated rings. The van der Waals surface area contributed by atoms with Crippen molar-refractivity contribution >= 4 is 11.6 Å². The number of carbonyl (C=O) groups is 1. The third kappa shape index (κ3) is 2.23. The van der Waals surface area contributed by atoms with E-state index >= 15 is 0 Å². The third-order valence-electron chi connectivity index (χ3n) is 4.27. The molecule has 1 aromatic heterocycles. The molecular formula is C13H18N4O2. The lowest BCUT2D eigenvalue weighted by Crippen LogP contribution is -2.23. The summed E-state index contributed by atoms with van der Waals surface area (Å²) >= 11 is 0. The Kier molecular flexibility index (Phi) is 2.82. The summed E-state index contributed by atoms with van der Waals surface area (Å²) in [7, 11) is 2.14. The van der Waals surface area contributed by atoms with Gasteiger partial charge < -0.3 is 20.9 Å². The van der Waals surface area contributed by atoms with E-state index in [1.807, 2.05) is 0 Å². The van der Waals surface area contributed by atoms with Crippen molar-refractivity contribution in [2.45, 2.75) is 0 Å². The molecule has 1 aliphatic carbocycles. The second kappa shape index (κ2) is 4.38. The van der Waals surface area contributed by atoms with Gasteiger partial charge in [-0.2, -0.15) is 0 Å². The molecule has 2 heterocycles. The molecule has 0 radical (unpaired) electrons.